The quantitative estimate of drug-likeness (QED) is 0.610. The zero-order valence-corrected chi connectivity index (χ0v) is 15.3. The van der Waals surface area contributed by atoms with E-state index in [1.165, 1.54) is 6.20 Å². The number of alkyl halides is 3. The molecule has 0 aliphatic heterocycles. The van der Waals surface area contributed by atoms with Crippen molar-refractivity contribution in [1.29, 1.82) is 0 Å². The average Bonchev–Trinajstić information content (AvgIpc) is 3.36. The van der Waals surface area contributed by atoms with E-state index in [2.05, 4.69) is 20.3 Å². The molecule has 0 amide bonds. The molecular weight excluding hydrogens is 397 g/mol. The van der Waals surface area contributed by atoms with Gasteiger partial charge in [-0.3, -0.25) is 9.78 Å². The van der Waals surface area contributed by atoms with Crippen molar-refractivity contribution < 1.29 is 32.6 Å². The number of imidazole rings is 1. The number of carboxylic acids is 1. The first-order valence-corrected chi connectivity index (χ1v) is 8.07. The van der Waals surface area contributed by atoms with Gasteiger partial charge in [0.1, 0.15) is 18.0 Å². The highest BCUT2D eigenvalue weighted by Crippen LogP contribution is 2.20. The highest BCUT2D eigenvalue weighted by molar-refractivity contribution is 5.95. The van der Waals surface area contributed by atoms with E-state index in [1.54, 1.807) is 23.3 Å². The lowest BCUT2D eigenvalue weighted by Crippen LogP contribution is -2.21. The van der Waals surface area contributed by atoms with E-state index in [-0.39, 0.29) is 6.61 Å². The van der Waals surface area contributed by atoms with Crippen LogP contribution in [0.3, 0.4) is 0 Å². The molecule has 0 aliphatic carbocycles. The molecular formula is C16H17F3N6O4. The Kier molecular flexibility index (Phi) is 6.75. The van der Waals surface area contributed by atoms with E-state index in [0.717, 1.165) is 11.4 Å². The van der Waals surface area contributed by atoms with Crippen LogP contribution in [0, 0.1) is 6.92 Å². The summed E-state index contributed by atoms with van der Waals surface area (Å²) < 4.78 is 40.6. The third-order valence-electron chi connectivity index (χ3n) is 3.58. The average molecular weight is 414 g/mol. The van der Waals surface area contributed by atoms with Crippen molar-refractivity contribution in [1.82, 2.24) is 29.5 Å². The highest BCUT2D eigenvalue weighted by atomic mass is 19.4. The zero-order valence-electron chi connectivity index (χ0n) is 15.3. The number of aromatic amines is 1. The summed E-state index contributed by atoms with van der Waals surface area (Å²) in [4.78, 5) is 25.2. The summed E-state index contributed by atoms with van der Waals surface area (Å²) in [6.45, 7) is 2.74. The molecule has 3 heterocycles. The van der Waals surface area contributed by atoms with E-state index in [1.807, 2.05) is 24.7 Å². The largest absolute Gasteiger partial charge is 0.490 e. The van der Waals surface area contributed by atoms with Crippen molar-refractivity contribution in [3.05, 3.63) is 42.4 Å². The highest BCUT2D eigenvalue weighted by Gasteiger charge is 2.38. The Balaban J connectivity index is 0.000000370. The molecule has 0 aliphatic rings. The molecule has 10 nitrogen and oxygen atoms in total. The molecule has 2 N–H and O–H groups in total. The molecule has 0 fully saturated rings. The summed E-state index contributed by atoms with van der Waals surface area (Å²) in [5.74, 6) is -2.28. The molecule has 0 saturated carbocycles. The van der Waals surface area contributed by atoms with Crippen LogP contribution in [0.5, 0.6) is 0 Å². The van der Waals surface area contributed by atoms with Gasteiger partial charge in [-0.2, -0.15) is 23.4 Å². The van der Waals surface area contributed by atoms with Gasteiger partial charge in [0, 0.05) is 31.2 Å². The molecule has 0 spiro atoms. The van der Waals surface area contributed by atoms with Crippen LogP contribution in [0.1, 0.15) is 16.2 Å². The Labute approximate surface area is 161 Å². The lowest BCUT2D eigenvalue weighted by Gasteiger charge is -2.06. The van der Waals surface area contributed by atoms with Gasteiger partial charge in [0.25, 0.3) is 0 Å². The molecule has 0 atom stereocenters. The number of nitrogens with one attached hydrogen (secondary N) is 1. The van der Waals surface area contributed by atoms with Crippen LogP contribution >= 0.6 is 0 Å². The number of carbonyl (C=O) groups is 2. The van der Waals surface area contributed by atoms with Crippen LogP contribution in [0.25, 0.3) is 11.3 Å². The summed E-state index contributed by atoms with van der Waals surface area (Å²) in [7, 11) is 1.81. The first-order valence-electron chi connectivity index (χ1n) is 8.07. The third-order valence-corrected chi connectivity index (χ3v) is 3.58. The summed E-state index contributed by atoms with van der Waals surface area (Å²) in [5.41, 5.74) is 1.80. The molecule has 0 bridgehead atoms. The number of carboxylic acid groups (broad SMARTS) is 1. The van der Waals surface area contributed by atoms with E-state index < -0.39 is 18.1 Å². The Hall–Kier alpha value is -3.64. The molecule has 0 saturated heterocycles. The molecule has 3 aromatic rings. The molecule has 156 valence electrons. The monoisotopic (exact) mass is 414 g/mol. The van der Waals surface area contributed by atoms with Crippen molar-refractivity contribution in [3.8, 4) is 11.3 Å². The van der Waals surface area contributed by atoms with Gasteiger partial charge in [-0.1, -0.05) is 0 Å². The number of halogens is 3. The van der Waals surface area contributed by atoms with Crippen LogP contribution in [-0.2, 0) is 23.1 Å². The van der Waals surface area contributed by atoms with Gasteiger partial charge >= 0.3 is 18.1 Å². The first kappa shape index (κ1) is 21.7. The predicted molar refractivity (Wildman–Crippen MR) is 91.7 cm³/mol. The van der Waals surface area contributed by atoms with Gasteiger partial charge < -0.3 is 14.4 Å². The Morgan fingerprint density at radius 1 is 1.31 bits per heavy atom. The molecule has 0 unspecified atom stereocenters. The van der Waals surface area contributed by atoms with Gasteiger partial charge in [0.15, 0.2) is 0 Å². The van der Waals surface area contributed by atoms with E-state index >= 15 is 0 Å². The second-order valence-electron chi connectivity index (χ2n) is 5.67. The Morgan fingerprint density at radius 3 is 2.52 bits per heavy atom. The number of aliphatic carboxylic acids is 1. The van der Waals surface area contributed by atoms with Crippen LogP contribution in [0.4, 0.5) is 13.2 Å². The standard InChI is InChI=1S/C14H16N6O2.C2HF3O2/c1-10-15-3-4-20(10)5-6-22-14(21)12-8-16-18-13(12)11-7-17-19(2)9-11;3-2(4,5)1(6)7/h3-4,7-9H,5-6H2,1-2H3,(H,16,18);(H,6,7). The first-order chi connectivity index (χ1) is 13.6. The zero-order chi connectivity index (χ0) is 21.6. The van der Waals surface area contributed by atoms with Crippen molar-refractivity contribution in [2.24, 2.45) is 7.05 Å². The SMILES string of the molecule is Cc1nccn1CCOC(=O)c1cn[nH]c1-c1cnn(C)c1.O=C(O)C(F)(F)F. The fourth-order valence-electron chi connectivity index (χ4n) is 2.17. The van der Waals surface area contributed by atoms with Gasteiger partial charge in [0.05, 0.1) is 24.6 Å². The van der Waals surface area contributed by atoms with Crippen LogP contribution < -0.4 is 0 Å². The van der Waals surface area contributed by atoms with Crippen molar-refractivity contribution >= 4 is 11.9 Å². The lowest BCUT2D eigenvalue weighted by molar-refractivity contribution is -0.192. The number of H-pyrrole nitrogens is 1. The van der Waals surface area contributed by atoms with E-state index in [4.69, 9.17) is 14.6 Å². The van der Waals surface area contributed by atoms with Crippen molar-refractivity contribution in [3.63, 3.8) is 0 Å². The summed E-state index contributed by atoms with van der Waals surface area (Å²) in [6, 6.07) is 0. The number of aromatic nitrogens is 6. The summed E-state index contributed by atoms with van der Waals surface area (Å²) in [6.07, 6.45) is 3.42. The van der Waals surface area contributed by atoms with E-state index in [0.29, 0.717) is 17.8 Å². The molecule has 0 radical (unpaired) electrons. The van der Waals surface area contributed by atoms with Crippen LogP contribution in [0.15, 0.2) is 31.0 Å². The molecule has 3 rings (SSSR count). The maximum Gasteiger partial charge on any atom is 0.490 e. The minimum Gasteiger partial charge on any atom is -0.475 e. The van der Waals surface area contributed by atoms with Gasteiger partial charge in [0.2, 0.25) is 0 Å². The maximum atomic E-state index is 12.2. The minimum absolute atomic E-state index is 0.272. The smallest absolute Gasteiger partial charge is 0.475 e. The Morgan fingerprint density at radius 2 is 2.00 bits per heavy atom. The fraction of sp³-hybridized carbons (Fsp3) is 0.312. The molecule has 13 heteroatoms. The normalized spacial score (nSPS) is 10.9. The topological polar surface area (TPSA) is 128 Å². The number of esters is 1. The second kappa shape index (κ2) is 9.03. The van der Waals surface area contributed by atoms with Crippen molar-refractivity contribution in [2.45, 2.75) is 19.6 Å². The summed E-state index contributed by atoms with van der Waals surface area (Å²) in [5, 5.41) is 17.9. The fourth-order valence-corrected chi connectivity index (χ4v) is 2.17. The summed E-state index contributed by atoms with van der Waals surface area (Å²) >= 11 is 0. The predicted octanol–water partition coefficient (Wildman–Crippen LogP) is 1.81. The lowest BCUT2D eigenvalue weighted by atomic mass is 10.1. The maximum absolute atomic E-state index is 12.2. The molecule has 0 aromatic carbocycles. The number of carbonyl (C=O) groups excluding carboxylic acids is 1. The van der Waals surface area contributed by atoms with Crippen LogP contribution in [-0.4, -0.2) is 59.4 Å². The van der Waals surface area contributed by atoms with Crippen molar-refractivity contribution in [2.75, 3.05) is 6.61 Å². The number of ether oxygens (including phenoxy) is 1. The molecule has 3 aromatic heterocycles. The van der Waals surface area contributed by atoms with Gasteiger partial charge in [-0.15, -0.1) is 0 Å². The minimum atomic E-state index is -5.08. The number of hydrogen-bond acceptors (Lipinski definition) is 6. The number of aryl methyl sites for hydroxylation is 2. The van der Waals surface area contributed by atoms with Gasteiger partial charge in [-0.05, 0) is 6.92 Å². The third kappa shape index (κ3) is 5.92. The number of nitrogens with zero attached hydrogens (tertiary/aromatic N) is 5. The number of hydrogen-bond donors (Lipinski definition) is 2. The molecule has 29 heavy (non-hydrogen) atoms. The van der Waals surface area contributed by atoms with Crippen LogP contribution in [0.2, 0.25) is 0 Å². The Bertz CT molecular complexity index is 975. The van der Waals surface area contributed by atoms with Gasteiger partial charge in [-0.25, -0.2) is 14.6 Å². The second-order valence-corrected chi connectivity index (χ2v) is 5.67. The number of rotatable bonds is 5. The van der Waals surface area contributed by atoms with E-state index in [9.17, 15) is 18.0 Å².